The van der Waals surface area contributed by atoms with Crippen molar-refractivity contribution in [2.45, 2.75) is 13.1 Å². The van der Waals surface area contributed by atoms with Gasteiger partial charge in [-0.3, -0.25) is 9.48 Å². The van der Waals surface area contributed by atoms with Crippen molar-refractivity contribution < 1.29 is 23.1 Å². The second-order valence-electron chi connectivity index (χ2n) is 8.09. The Balaban J connectivity index is 1.38. The van der Waals surface area contributed by atoms with Crippen molar-refractivity contribution in [2.75, 3.05) is 18.5 Å². The number of halogens is 1. The Labute approximate surface area is 192 Å². The number of nitrogens with zero attached hydrogens (tertiary/aromatic N) is 2. The van der Waals surface area contributed by atoms with Crippen LogP contribution in [0.1, 0.15) is 18.1 Å². The van der Waals surface area contributed by atoms with Crippen LogP contribution in [0.25, 0.3) is 17.3 Å². The number of amides is 1. The Morgan fingerprint density at radius 2 is 1.88 bits per heavy atom. The van der Waals surface area contributed by atoms with Gasteiger partial charge in [0.25, 0.3) is 0 Å². The number of rotatable bonds is 6. The van der Waals surface area contributed by atoms with E-state index in [-0.39, 0.29) is 17.6 Å². The smallest absolute Gasteiger partial charge is 0.323 e. The van der Waals surface area contributed by atoms with Crippen molar-refractivity contribution in [3.8, 4) is 11.3 Å². The lowest BCUT2D eigenvalue weighted by molar-refractivity contribution is -0.111. The summed E-state index contributed by atoms with van der Waals surface area (Å²) in [4.78, 5) is 22.9. The molecule has 0 atom stereocenters. The Kier molecular flexibility index (Phi) is 7.00. The molecule has 1 aliphatic heterocycles. The SMILES string of the molecule is CC1CO[P+](O)(Cc2ccc(NC(=O)/C=C/c3cnn(C)c3-c3ccc(F)cc3)cc2)OC1. The number of carbonyl (C=O) groups is 1. The van der Waals surface area contributed by atoms with Crippen LogP contribution in [0.3, 0.4) is 0 Å². The number of hydrogen-bond acceptors (Lipinski definition) is 5. The average molecular weight is 470 g/mol. The maximum Gasteiger partial charge on any atom is 0.413 e. The molecule has 2 aromatic carbocycles. The number of carbonyl (C=O) groups excluding carboxylic acids is 1. The summed E-state index contributed by atoms with van der Waals surface area (Å²) >= 11 is 0. The summed E-state index contributed by atoms with van der Waals surface area (Å²) < 4.78 is 26.0. The van der Waals surface area contributed by atoms with Crippen LogP contribution in [-0.2, 0) is 27.1 Å². The minimum absolute atomic E-state index is 0.273. The van der Waals surface area contributed by atoms with Gasteiger partial charge >= 0.3 is 7.94 Å². The maximum atomic E-state index is 13.3. The fraction of sp³-hybridized carbons (Fsp3) is 0.250. The molecular formula is C24H26FN3O4P+. The predicted molar refractivity (Wildman–Crippen MR) is 127 cm³/mol. The van der Waals surface area contributed by atoms with E-state index in [2.05, 4.69) is 10.4 Å². The van der Waals surface area contributed by atoms with Crippen LogP contribution in [0.2, 0.25) is 0 Å². The second-order valence-corrected chi connectivity index (χ2v) is 10.2. The Morgan fingerprint density at radius 3 is 2.55 bits per heavy atom. The van der Waals surface area contributed by atoms with E-state index in [4.69, 9.17) is 9.05 Å². The van der Waals surface area contributed by atoms with Crippen molar-refractivity contribution in [3.63, 3.8) is 0 Å². The zero-order valence-electron chi connectivity index (χ0n) is 18.4. The van der Waals surface area contributed by atoms with Crippen LogP contribution in [0.5, 0.6) is 0 Å². The van der Waals surface area contributed by atoms with Gasteiger partial charge in [0, 0.05) is 35.9 Å². The molecule has 0 radical (unpaired) electrons. The molecule has 1 amide bonds. The van der Waals surface area contributed by atoms with Gasteiger partial charge < -0.3 is 5.32 Å². The lowest BCUT2D eigenvalue weighted by atomic mass is 10.1. The zero-order valence-corrected chi connectivity index (χ0v) is 19.3. The molecule has 1 saturated heterocycles. The summed E-state index contributed by atoms with van der Waals surface area (Å²) in [7, 11) is -1.08. The molecule has 0 spiro atoms. The molecule has 2 N–H and O–H groups in total. The molecule has 7 nitrogen and oxygen atoms in total. The van der Waals surface area contributed by atoms with E-state index >= 15 is 0 Å². The first-order valence-corrected chi connectivity index (χ1v) is 12.3. The predicted octanol–water partition coefficient (Wildman–Crippen LogP) is 4.82. The molecule has 172 valence electrons. The Hall–Kier alpha value is -2.90. The third-order valence-electron chi connectivity index (χ3n) is 5.22. The first-order valence-electron chi connectivity index (χ1n) is 10.6. The van der Waals surface area contributed by atoms with Crippen molar-refractivity contribution in [2.24, 2.45) is 13.0 Å². The standard InChI is InChI=1S/C24H25FN3O4P/c1-17-14-31-33(30,32-15-17)16-18-3-10-22(11-4-18)27-23(29)12-7-20-13-26-28(2)24(20)19-5-8-21(25)9-6-19/h3-13,17,30H,14-16H2,1-2H3/p+1/b12-7+. The summed E-state index contributed by atoms with van der Waals surface area (Å²) in [6, 6.07) is 13.3. The van der Waals surface area contributed by atoms with Gasteiger partial charge in [-0.05, 0) is 48.0 Å². The van der Waals surface area contributed by atoms with E-state index in [1.54, 1.807) is 48.3 Å². The highest BCUT2D eigenvalue weighted by Gasteiger charge is 2.45. The third kappa shape index (κ3) is 5.92. The van der Waals surface area contributed by atoms with Gasteiger partial charge in [-0.2, -0.15) is 19.0 Å². The van der Waals surface area contributed by atoms with Gasteiger partial charge in [0.05, 0.1) is 11.9 Å². The lowest BCUT2D eigenvalue weighted by Gasteiger charge is -2.24. The fourth-order valence-corrected chi connectivity index (χ4v) is 5.38. The molecule has 0 unspecified atom stereocenters. The molecule has 0 bridgehead atoms. The van der Waals surface area contributed by atoms with Gasteiger partial charge in [-0.15, -0.1) is 0 Å². The van der Waals surface area contributed by atoms with Crippen LogP contribution >= 0.6 is 7.94 Å². The van der Waals surface area contributed by atoms with Crippen LogP contribution < -0.4 is 5.32 Å². The fourth-order valence-electron chi connectivity index (χ4n) is 3.48. The molecule has 1 fully saturated rings. The topological polar surface area (TPSA) is 85.6 Å². The summed E-state index contributed by atoms with van der Waals surface area (Å²) in [6.07, 6.45) is 5.06. The van der Waals surface area contributed by atoms with Crippen LogP contribution in [0.15, 0.2) is 60.8 Å². The van der Waals surface area contributed by atoms with E-state index in [1.165, 1.54) is 18.2 Å². The average Bonchev–Trinajstić information content (AvgIpc) is 3.17. The molecule has 3 aromatic rings. The highest BCUT2D eigenvalue weighted by Crippen LogP contribution is 2.61. The van der Waals surface area contributed by atoms with E-state index < -0.39 is 7.94 Å². The summed E-state index contributed by atoms with van der Waals surface area (Å²) in [5.74, 6) is -0.335. The summed E-state index contributed by atoms with van der Waals surface area (Å²) in [5, 5.41) is 7.06. The van der Waals surface area contributed by atoms with Gasteiger partial charge in [0.1, 0.15) is 19.0 Å². The van der Waals surface area contributed by atoms with Crippen molar-refractivity contribution in [1.82, 2.24) is 9.78 Å². The number of anilines is 1. The lowest BCUT2D eigenvalue weighted by Crippen LogP contribution is -2.22. The van der Waals surface area contributed by atoms with E-state index in [1.807, 2.05) is 19.1 Å². The minimum atomic E-state index is -2.87. The number of hydrogen-bond donors (Lipinski definition) is 2. The van der Waals surface area contributed by atoms with Gasteiger partial charge in [0.2, 0.25) is 5.91 Å². The number of aryl methyl sites for hydroxylation is 1. The van der Waals surface area contributed by atoms with Gasteiger partial charge in [-0.1, -0.05) is 19.1 Å². The first kappa shape index (κ1) is 23.3. The molecule has 1 aliphatic rings. The summed E-state index contributed by atoms with van der Waals surface area (Å²) in [6.45, 7) is 2.99. The molecule has 0 aliphatic carbocycles. The van der Waals surface area contributed by atoms with Crippen LogP contribution in [0.4, 0.5) is 10.1 Å². The molecule has 0 saturated carbocycles. The molecule has 9 heteroatoms. The summed E-state index contributed by atoms with van der Waals surface area (Å²) in [5.41, 5.74) is 3.83. The van der Waals surface area contributed by atoms with Crippen molar-refractivity contribution >= 4 is 25.6 Å². The normalized spacial score (nSPS) is 20.8. The second kappa shape index (κ2) is 9.93. The van der Waals surface area contributed by atoms with Gasteiger partial charge in [0.15, 0.2) is 6.16 Å². The van der Waals surface area contributed by atoms with Crippen LogP contribution in [-0.4, -0.2) is 33.8 Å². The largest absolute Gasteiger partial charge is 0.413 e. The molecular weight excluding hydrogens is 444 g/mol. The zero-order chi connectivity index (χ0) is 23.4. The Morgan fingerprint density at radius 1 is 1.21 bits per heavy atom. The van der Waals surface area contributed by atoms with Crippen molar-refractivity contribution in [3.05, 3.63) is 77.7 Å². The molecule has 1 aromatic heterocycles. The number of benzene rings is 2. The minimum Gasteiger partial charge on any atom is -0.323 e. The van der Waals surface area contributed by atoms with Crippen molar-refractivity contribution in [1.29, 1.82) is 0 Å². The van der Waals surface area contributed by atoms with E-state index in [9.17, 15) is 14.1 Å². The first-order chi connectivity index (χ1) is 15.8. The van der Waals surface area contributed by atoms with E-state index in [0.29, 0.717) is 25.1 Å². The van der Waals surface area contributed by atoms with Crippen LogP contribution in [0, 0.1) is 11.7 Å². The third-order valence-corrected chi connectivity index (χ3v) is 7.09. The molecule has 4 rings (SSSR count). The van der Waals surface area contributed by atoms with Gasteiger partial charge in [-0.25, -0.2) is 4.39 Å². The number of nitrogens with one attached hydrogen (secondary N) is 1. The maximum absolute atomic E-state index is 13.3. The number of aromatic nitrogens is 2. The molecule has 33 heavy (non-hydrogen) atoms. The van der Waals surface area contributed by atoms with E-state index in [0.717, 1.165) is 22.4 Å². The quantitative estimate of drug-likeness (QED) is 0.399. The highest BCUT2D eigenvalue weighted by molar-refractivity contribution is 7.59. The highest BCUT2D eigenvalue weighted by atomic mass is 31.2. The monoisotopic (exact) mass is 470 g/mol. The Bertz CT molecular complexity index is 1140. The molecule has 2 heterocycles.